The topological polar surface area (TPSA) is 92.7 Å². The molecule has 0 saturated heterocycles. The van der Waals surface area contributed by atoms with E-state index in [9.17, 15) is 14.4 Å². The van der Waals surface area contributed by atoms with Crippen molar-refractivity contribution in [3.63, 3.8) is 0 Å². The minimum atomic E-state index is -1.03. The van der Waals surface area contributed by atoms with Crippen LogP contribution in [0.5, 0.6) is 0 Å². The monoisotopic (exact) mass is 639 g/mol. The predicted octanol–water partition coefficient (Wildman–Crippen LogP) is 10.7. The highest BCUT2D eigenvalue weighted by Gasteiger charge is 2.14. The maximum absolute atomic E-state index is 12.5. The molecule has 0 aliphatic carbocycles. The van der Waals surface area contributed by atoms with E-state index in [-0.39, 0.29) is 24.5 Å². The predicted molar refractivity (Wildman–Crippen MR) is 194 cm³/mol. The van der Waals surface area contributed by atoms with Crippen LogP contribution in [0.25, 0.3) is 0 Å². The van der Waals surface area contributed by atoms with Crippen LogP contribution in [0.3, 0.4) is 0 Å². The van der Waals surface area contributed by atoms with Crippen LogP contribution in [0.2, 0.25) is 0 Å². The molecule has 2 N–H and O–H groups in total. The summed E-state index contributed by atoms with van der Waals surface area (Å²) >= 11 is 0. The van der Waals surface area contributed by atoms with Crippen molar-refractivity contribution in [3.05, 3.63) is 72.9 Å². The largest absolute Gasteiger partial charge is 0.480 e. The van der Waals surface area contributed by atoms with Crippen molar-refractivity contribution in [2.24, 2.45) is 0 Å². The Kier molecular flexibility index (Phi) is 32.3. The fourth-order valence-corrected chi connectivity index (χ4v) is 4.75. The molecule has 0 heterocycles. The third kappa shape index (κ3) is 33.7. The molecule has 46 heavy (non-hydrogen) atoms. The molecule has 6 heteroatoms. The van der Waals surface area contributed by atoms with E-state index in [0.717, 1.165) is 103 Å². The molecule has 0 rings (SSSR count). The molecule has 0 aromatic rings. The van der Waals surface area contributed by atoms with E-state index >= 15 is 0 Å². The summed E-state index contributed by atoms with van der Waals surface area (Å²) in [4.78, 5) is 34.7. The number of hydrogen-bond acceptors (Lipinski definition) is 4. The Morgan fingerprint density at radius 3 is 1.59 bits per heavy atom. The maximum atomic E-state index is 12.5. The number of nitrogens with one attached hydrogen (secondary N) is 1. The molecule has 0 aromatic heterocycles. The lowest BCUT2D eigenvalue weighted by atomic mass is 10.0. The van der Waals surface area contributed by atoms with Gasteiger partial charge in [-0.15, -0.1) is 0 Å². The number of unbranched alkanes of at least 4 members (excludes halogenated alkanes) is 8. The van der Waals surface area contributed by atoms with E-state index in [2.05, 4.69) is 92.1 Å². The average molecular weight is 640 g/mol. The van der Waals surface area contributed by atoms with Gasteiger partial charge in [-0.2, -0.15) is 0 Å². The summed E-state index contributed by atoms with van der Waals surface area (Å²) in [6.07, 6.45) is 46.1. The zero-order valence-electron chi connectivity index (χ0n) is 29.1. The molecule has 0 aliphatic rings. The van der Waals surface area contributed by atoms with E-state index in [1.807, 2.05) is 0 Å². The zero-order valence-corrected chi connectivity index (χ0v) is 29.1. The molecular formula is C40H65NO5. The van der Waals surface area contributed by atoms with Gasteiger partial charge in [0.2, 0.25) is 5.91 Å². The van der Waals surface area contributed by atoms with Gasteiger partial charge in [-0.05, 0) is 89.9 Å². The third-order valence-electron chi connectivity index (χ3n) is 7.39. The van der Waals surface area contributed by atoms with Gasteiger partial charge in [0.1, 0.15) is 12.6 Å². The molecule has 0 radical (unpaired) electrons. The number of hydrogen-bond donors (Lipinski definition) is 2. The molecule has 0 saturated carbocycles. The van der Waals surface area contributed by atoms with Crippen molar-refractivity contribution in [2.75, 3.05) is 6.54 Å². The molecule has 0 spiro atoms. The number of ether oxygens (including phenoxy) is 1. The van der Waals surface area contributed by atoms with E-state index < -0.39 is 5.97 Å². The highest BCUT2D eigenvalue weighted by molar-refractivity contribution is 5.80. The first-order valence-electron chi connectivity index (χ1n) is 18.1. The van der Waals surface area contributed by atoms with Crippen LogP contribution in [-0.4, -0.2) is 35.6 Å². The standard InChI is InChI=1S/C40H65NO5/c1-3-5-7-9-10-11-12-13-14-15-16-17-18-19-20-21-22-23-24-25-31-35-40(45)46-37(32-28-8-6-4-2)33-29-26-27-30-34-38(42)41-36-39(43)44/h5,7,10-11,13-14,16-17,19-20,22-23,37H,3-4,6,8-9,12,15,18,21,24-36H2,1-2H3,(H,41,42)(H,43,44)/b7-5-,11-10-,14-13-,17-16-,20-19-,23-22-. The number of esters is 1. The van der Waals surface area contributed by atoms with Crippen molar-refractivity contribution in [2.45, 2.75) is 155 Å². The Bertz CT molecular complexity index is 928. The highest BCUT2D eigenvalue weighted by atomic mass is 16.5. The summed E-state index contributed by atoms with van der Waals surface area (Å²) in [6.45, 7) is 4.02. The summed E-state index contributed by atoms with van der Waals surface area (Å²) in [5.41, 5.74) is 0. The lowest BCUT2D eigenvalue weighted by molar-refractivity contribution is -0.150. The Labute approximate surface area is 281 Å². The summed E-state index contributed by atoms with van der Waals surface area (Å²) in [5, 5.41) is 11.0. The molecule has 0 fully saturated rings. The summed E-state index contributed by atoms with van der Waals surface area (Å²) < 4.78 is 5.87. The molecule has 0 bridgehead atoms. The van der Waals surface area contributed by atoms with Crippen molar-refractivity contribution in [3.8, 4) is 0 Å². The Morgan fingerprint density at radius 2 is 1.07 bits per heavy atom. The Hall–Kier alpha value is -3.15. The first-order chi connectivity index (χ1) is 22.5. The number of amides is 1. The number of allylic oxidation sites excluding steroid dienone is 12. The SMILES string of the molecule is CC/C=C\C/C=C\C/C=C\C/C=C\C/C=C\C/C=C\CCCCC(=O)OC(CCCCCC)CCCCCCC(=O)NCC(=O)O. The van der Waals surface area contributed by atoms with Gasteiger partial charge < -0.3 is 15.2 Å². The Balaban J connectivity index is 4.01. The third-order valence-corrected chi connectivity index (χ3v) is 7.39. The van der Waals surface area contributed by atoms with Gasteiger partial charge in [-0.25, -0.2) is 0 Å². The first-order valence-corrected chi connectivity index (χ1v) is 18.1. The van der Waals surface area contributed by atoms with Crippen LogP contribution in [0, 0.1) is 0 Å². The number of carbonyl (C=O) groups excluding carboxylic acids is 2. The number of carboxylic acid groups (broad SMARTS) is 1. The number of aliphatic carboxylic acids is 1. The highest BCUT2D eigenvalue weighted by Crippen LogP contribution is 2.17. The molecule has 1 atom stereocenters. The van der Waals surface area contributed by atoms with E-state index in [0.29, 0.717) is 12.8 Å². The molecule has 1 amide bonds. The number of carbonyl (C=O) groups is 3. The quantitative estimate of drug-likeness (QED) is 0.0447. The molecular weight excluding hydrogens is 574 g/mol. The summed E-state index contributed by atoms with van der Waals surface area (Å²) in [7, 11) is 0. The van der Waals surface area contributed by atoms with Gasteiger partial charge >= 0.3 is 11.9 Å². The second-order valence-corrected chi connectivity index (χ2v) is 11.7. The molecule has 0 aromatic carbocycles. The fourth-order valence-electron chi connectivity index (χ4n) is 4.75. The van der Waals surface area contributed by atoms with E-state index in [1.165, 1.54) is 19.3 Å². The van der Waals surface area contributed by atoms with Crippen molar-refractivity contribution < 1.29 is 24.2 Å². The number of rotatable bonds is 31. The average Bonchev–Trinajstić information content (AvgIpc) is 3.04. The van der Waals surface area contributed by atoms with Crippen LogP contribution in [0.4, 0.5) is 0 Å². The van der Waals surface area contributed by atoms with Crippen molar-refractivity contribution in [1.82, 2.24) is 5.32 Å². The van der Waals surface area contributed by atoms with Crippen molar-refractivity contribution >= 4 is 17.8 Å². The van der Waals surface area contributed by atoms with Gasteiger partial charge in [0, 0.05) is 12.8 Å². The van der Waals surface area contributed by atoms with Crippen LogP contribution in [0.1, 0.15) is 149 Å². The second kappa shape index (κ2) is 34.7. The Morgan fingerprint density at radius 1 is 0.587 bits per heavy atom. The zero-order chi connectivity index (χ0) is 33.8. The number of carboxylic acids is 1. The summed E-state index contributed by atoms with van der Waals surface area (Å²) in [6, 6.07) is 0. The van der Waals surface area contributed by atoms with Gasteiger partial charge in [0.25, 0.3) is 0 Å². The van der Waals surface area contributed by atoms with E-state index in [1.54, 1.807) is 0 Å². The van der Waals surface area contributed by atoms with E-state index in [4.69, 9.17) is 9.84 Å². The van der Waals surface area contributed by atoms with Crippen LogP contribution < -0.4 is 5.32 Å². The normalized spacial score (nSPS) is 12.9. The van der Waals surface area contributed by atoms with Crippen LogP contribution in [-0.2, 0) is 19.1 Å². The summed E-state index contributed by atoms with van der Waals surface area (Å²) in [5.74, 6) is -1.33. The second-order valence-electron chi connectivity index (χ2n) is 11.7. The van der Waals surface area contributed by atoms with Crippen LogP contribution >= 0.6 is 0 Å². The molecule has 6 nitrogen and oxygen atoms in total. The fraction of sp³-hybridized carbons (Fsp3) is 0.625. The van der Waals surface area contributed by atoms with Crippen LogP contribution in [0.15, 0.2) is 72.9 Å². The van der Waals surface area contributed by atoms with Gasteiger partial charge in [0.15, 0.2) is 0 Å². The minimum Gasteiger partial charge on any atom is -0.480 e. The van der Waals surface area contributed by atoms with Gasteiger partial charge in [0.05, 0.1) is 0 Å². The first kappa shape index (κ1) is 42.9. The molecule has 0 aliphatic heterocycles. The van der Waals surface area contributed by atoms with Gasteiger partial charge in [-0.3, -0.25) is 14.4 Å². The van der Waals surface area contributed by atoms with Crippen molar-refractivity contribution in [1.29, 1.82) is 0 Å². The lowest BCUT2D eigenvalue weighted by Gasteiger charge is -2.18. The maximum Gasteiger partial charge on any atom is 0.322 e. The minimum absolute atomic E-state index is 0.0217. The smallest absolute Gasteiger partial charge is 0.322 e. The lowest BCUT2D eigenvalue weighted by Crippen LogP contribution is -2.28. The molecule has 1 unspecified atom stereocenters. The van der Waals surface area contributed by atoms with Gasteiger partial charge in [-0.1, -0.05) is 119 Å². The molecule has 260 valence electrons.